The quantitative estimate of drug-likeness (QED) is 0.682. The maximum absolute atomic E-state index is 12.1. The van der Waals surface area contributed by atoms with E-state index in [9.17, 15) is 9.59 Å². The van der Waals surface area contributed by atoms with Crippen LogP contribution in [0.2, 0.25) is 0 Å². The number of rotatable bonds is 7. The van der Waals surface area contributed by atoms with Crippen molar-refractivity contribution >= 4 is 29.0 Å². The molecule has 1 aromatic heterocycles. The van der Waals surface area contributed by atoms with Crippen molar-refractivity contribution in [3.05, 3.63) is 48.2 Å². The van der Waals surface area contributed by atoms with E-state index in [4.69, 9.17) is 0 Å². The Hall–Kier alpha value is -2.89. The Bertz CT molecular complexity index is 716. The van der Waals surface area contributed by atoms with Crippen LogP contribution in [0, 0.1) is 0 Å². The second kappa shape index (κ2) is 8.67. The first-order valence-corrected chi connectivity index (χ1v) is 7.97. The molecule has 0 aliphatic heterocycles. The van der Waals surface area contributed by atoms with Crippen LogP contribution in [-0.4, -0.2) is 23.3 Å². The molecule has 0 atom stereocenters. The van der Waals surface area contributed by atoms with E-state index < -0.39 is 0 Å². The second-order valence-electron chi connectivity index (χ2n) is 5.43. The van der Waals surface area contributed by atoms with Crippen molar-refractivity contribution < 1.29 is 9.59 Å². The third-order valence-corrected chi connectivity index (χ3v) is 3.29. The summed E-state index contributed by atoms with van der Waals surface area (Å²) in [6, 6.07) is 10.7. The number of aromatic nitrogens is 1. The van der Waals surface area contributed by atoms with Gasteiger partial charge in [0.25, 0.3) is 5.91 Å². The number of amides is 2. The molecule has 1 heterocycles. The molecule has 3 N–H and O–H groups in total. The SMILES string of the molecule is CCCCNC(=O)c1ccnc(Nc2cccc(NC(C)=O)c2)c1. The van der Waals surface area contributed by atoms with Gasteiger partial charge in [0.2, 0.25) is 5.91 Å². The van der Waals surface area contributed by atoms with E-state index >= 15 is 0 Å². The molecule has 0 radical (unpaired) electrons. The molecular weight excluding hydrogens is 304 g/mol. The van der Waals surface area contributed by atoms with E-state index in [1.54, 1.807) is 30.5 Å². The second-order valence-corrected chi connectivity index (χ2v) is 5.43. The van der Waals surface area contributed by atoms with Crippen LogP contribution >= 0.6 is 0 Å². The van der Waals surface area contributed by atoms with Gasteiger partial charge in [-0.25, -0.2) is 4.98 Å². The lowest BCUT2D eigenvalue weighted by molar-refractivity contribution is -0.114. The zero-order chi connectivity index (χ0) is 17.4. The first kappa shape index (κ1) is 17.5. The molecule has 0 unspecified atom stereocenters. The number of anilines is 3. The molecule has 0 aliphatic carbocycles. The summed E-state index contributed by atoms with van der Waals surface area (Å²) in [7, 11) is 0. The van der Waals surface area contributed by atoms with Crippen molar-refractivity contribution in [3.8, 4) is 0 Å². The van der Waals surface area contributed by atoms with Crippen LogP contribution in [0.15, 0.2) is 42.6 Å². The summed E-state index contributed by atoms with van der Waals surface area (Å²) in [5.41, 5.74) is 2.03. The highest BCUT2D eigenvalue weighted by molar-refractivity contribution is 5.95. The number of benzene rings is 1. The van der Waals surface area contributed by atoms with Crippen molar-refractivity contribution in [2.24, 2.45) is 0 Å². The van der Waals surface area contributed by atoms with Crippen LogP contribution in [0.25, 0.3) is 0 Å². The van der Waals surface area contributed by atoms with E-state index in [1.165, 1.54) is 6.92 Å². The molecule has 2 aromatic rings. The van der Waals surface area contributed by atoms with Gasteiger partial charge in [-0.05, 0) is 36.8 Å². The molecule has 1 aromatic carbocycles. The summed E-state index contributed by atoms with van der Waals surface area (Å²) in [5, 5.41) is 8.74. The minimum atomic E-state index is -0.129. The van der Waals surface area contributed by atoms with Crippen molar-refractivity contribution in [2.75, 3.05) is 17.2 Å². The van der Waals surface area contributed by atoms with Crippen LogP contribution in [0.5, 0.6) is 0 Å². The number of carbonyl (C=O) groups excluding carboxylic acids is 2. The van der Waals surface area contributed by atoms with E-state index in [1.807, 2.05) is 12.1 Å². The lowest BCUT2D eigenvalue weighted by Gasteiger charge is -2.09. The molecule has 0 bridgehead atoms. The first-order valence-electron chi connectivity index (χ1n) is 7.97. The molecule has 0 aliphatic rings. The molecule has 0 fully saturated rings. The molecule has 0 spiro atoms. The van der Waals surface area contributed by atoms with Gasteiger partial charge in [0.05, 0.1) is 0 Å². The fourth-order valence-electron chi connectivity index (χ4n) is 2.15. The Kier molecular flexibility index (Phi) is 6.31. The Morgan fingerprint density at radius 3 is 2.67 bits per heavy atom. The summed E-state index contributed by atoms with van der Waals surface area (Å²) in [6.07, 6.45) is 3.58. The summed E-state index contributed by atoms with van der Waals surface area (Å²) >= 11 is 0. The Morgan fingerprint density at radius 1 is 1.12 bits per heavy atom. The number of unbranched alkanes of at least 4 members (excludes halogenated alkanes) is 1. The van der Waals surface area contributed by atoms with Crippen molar-refractivity contribution in [3.63, 3.8) is 0 Å². The lowest BCUT2D eigenvalue weighted by Crippen LogP contribution is -2.24. The van der Waals surface area contributed by atoms with Gasteiger partial charge in [0, 0.05) is 36.6 Å². The van der Waals surface area contributed by atoms with Gasteiger partial charge in [-0.15, -0.1) is 0 Å². The monoisotopic (exact) mass is 326 g/mol. The first-order chi connectivity index (χ1) is 11.6. The van der Waals surface area contributed by atoms with E-state index in [0.29, 0.717) is 23.6 Å². The van der Waals surface area contributed by atoms with Gasteiger partial charge >= 0.3 is 0 Å². The normalized spacial score (nSPS) is 10.1. The van der Waals surface area contributed by atoms with Gasteiger partial charge in [0.15, 0.2) is 0 Å². The number of nitrogens with zero attached hydrogens (tertiary/aromatic N) is 1. The van der Waals surface area contributed by atoms with Gasteiger partial charge < -0.3 is 16.0 Å². The van der Waals surface area contributed by atoms with E-state index in [0.717, 1.165) is 18.5 Å². The lowest BCUT2D eigenvalue weighted by atomic mass is 10.2. The minimum Gasteiger partial charge on any atom is -0.352 e. The molecule has 126 valence electrons. The van der Waals surface area contributed by atoms with Gasteiger partial charge in [0.1, 0.15) is 5.82 Å². The van der Waals surface area contributed by atoms with Crippen LogP contribution in [0.1, 0.15) is 37.0 Å². The van der Waals surface area contributed by atoms with E-state index in [2.05, 4.69) is 27.9 Å². The highest BCUT2D eigenvalue weighted by atomic mass is 16.2. The summed E-state index contributed by atoms with van der Waals surface area (Å²) in [5.74, 6) is 0.329. The van der Waals surface area contributed by atoms with Crippen molar-refractivity contribution in [2.45, 2.75) is 26.7 Å². The average molecular weight is 326 g/mol. The average Bonchev–Trinajstić information content (AvgIpc) is 2.55. The van der Waals surface area contributed by atoms with Crippen molar-refractivity contribution in [1.29, 1.82) is 0 Å². The van der Waals surface area contributed by atoms with Crippen LogP contribution in [0.3, 0.4) is 0 Å². The van der Waals surface area contributed by atoms with Crippen LogP contribution in [0.4, 0.5) is 17.2 Å². The predicted molar refractivity (Wildman–Crippen MR) is 95.5 cm³/mol. The summed E-state index contributed by atoms with van der Waals surface area (Å²) in [6.45, 7) is 4.21. The number of hydrogen-bond donors (Lipinski definition) is 3. The Balaban J connectivity index is 2.06. The standard InChI is InChI=1S/C18H22N4O2/c1-3-4-9-20-18(24)14-8-10-19-17(11-14)22-16-7-5-6-15(12-16)21-13(2)23/h5-8,10-12H,3-4,9H2,1-2H3,(H,19,22)(H,20,24)(H,21,23). The van der Waals surface area contributed by atoms with Crippen LogP contribution in [-0.2, 0) is 4.79 Å². The fraction of sp³-hybridized carbons (Fsp3) is 0.278. The van der Waals surface area contributed by atoms with Gasteiger partial charge in [-0.3, -0.25) is 9.59 Å². The third-order valence-electron chi connectivity index (χ3n) is 3.29. The van der Waals surface area contributed by atoms with Gasteiger partial charge in [-0.2, -0.15) is 0 Å². The predicted octanol–water partition coefficient (Wildman–Crippen LogP) is 3.31. The smallest absolute Gasteiger partial charge is 0.251 e. The van der Waals surface area contributed by atoms with Crippen molar-refractivity contribution in [1.82, 2.24) is 10.3 Å². The number of hydrogen-bond acceptors (Lipinski definition) is 4. The topological polar surface area (TPSA) is 83.1 Å². The van der Waals surface area contributed by atoms with E-state index in [-0.39, 0.29) is 11.8 Å². The maximum atomic E-state index is 12.1. The zero-order valence-corrected chi connectivity index (χ0v) is 13.9. The molecular formula is C18H22N4O2. The molecule has 24 heavy (non-hydrogen) atoms. The molecule has 6 nitrogen and oxygen atoms in total. The van der Waals surface area contributed by atoms with Crippen LogP contribution < -0.4 is 16.0 Å². The zero-order valence-electron chi connectivity index (χ0n) is 13.9. The molecule has 2 rings (SSSR count). The maximum Gasteiger partial charge on any atom is 0.251 e. The number of carbonyl (C=O) groups is 2. The minimum absolute atomic E-state index is 0.110. The fourth-order valence-corrected chi connectivity index (χ4v) is 2.15. The highest BCUT2D eigenvalue weighted by Crippen LogP contribution is 2.19. The number of nitrogens with one attached hydrogen (secondary N) is 3. The summed E-state index contributed by atoms with van der Waals surface area (Å²) < 4.78 is 0. The molecule has 6 heteroatoms. The Labute approximate surface area is 141 Å². The molecule has 0 saturated carbocycles. The number of pyridine rings is 1. The van der Waals surface area contributed by atoms with Gasteiger partial charge in [-0.1, -0.05) is 19.4 Å². The highest BCUT2D eigenvalue weighted by Gasteiger charge is 2.07. The summed E-state index contributed by atoms with van der Waals surface area (Å²) in [4.78, 5) is 27.4. The molecule has 0 saturated heterocycles. The molecule has 2 amide bonds. The third kappa shape index (κ3) is 5.39. The Morgan fingerprint density at radius 2 is 1.92 bits per heavy atom. The largest absolute Gasteiger partial charge is 0.352 e.